The van der Waals surface area contributed by atoms with Gasteiger partial charge in [0.2, 0.25) is 0 Å². The third-order valence-corrected chi connectivity index (χ3v) is 5.71. The fourth-order valence-electron chi connectivity index (χ4n) is 5.02. The Kier molecular flexibility index (Phi) is 3.88. The zero-order chi connectivity index (χ0) is 15.8. The van der Waals surface area contributed by atoms with E-state index in [0.29, 0.717) is 12.4 Å². The molecule has 0 aliphatic heterocycles. The number of carbonyl (C=O) groups excluding carboxylic acids is 1. The van der Waals surface area contributed by atoms with Crippen molar-refractivity contribution in [1.82, 2.24) is 0 Å². The van der Waals surface area contributed by atoms with Crippen molar-refractivity contribution in [3.63, 3.8) is 0 Å². The Bertz CT molecular complexity index is 602. The molecular weight excluding hydrogens is 288 g/mol. The molecule has 0 N–H and O–H groups in total. The van der Waals surface area contributed by atoms with Crippen LogP contribution < -0.4 is 4.74 Å². The first-order valence-corrected chi connectivity index (χ1v) is 8.76. The average Bonchev–Trinajstić information content (AvgIpc) is 2.49. The maximum atomic E-state index is 11.0. The van der Waals surface area contributed by atoms with Gasteiger partial charge < -0.3 is 9.47 Å². The van der Waals surface area contributed by atoms with Gasteiger partial charge in [0.05, 0.1) is 6.26 Å². The molecule has 4 saturated carbocycles. The number of hydrogen-bond donors (Lipinski definition) is 0. The highest BCUT2D eigenvalue weighted by Gasteiger charge is 2.45. The predicted octanol–water partition coefficient (Wildman–Crippen LogP) is 4.47. The van der Waals surface area contributed by atoms with Crippen molar-refractivity contribution in [3.05, 3.63) is 41.7 Å². The summed E-state index contributed by atoms with van der Waals surface area (Å²) in [5, 5.41) is 0. The molecule has 0 amide bonds. The molecule has 3 heteroatoms. The minimum absolute atomic E-state index is 0.293. The number of ether oxygens (including phenoxy) is 2. The molecule has 0 heterocycles. The summed E-state index contributed by atoms with van der Waals surface area (Å²) < 4.78 is 11.0. The van der Waals surface area contributed by atoms with Crippen molar-refractivity contribution >= 4 is 5.97 Å². The van der Waals surface area contributed by atoms with E-state index in [9.17, 15) is 4.79 Å². The first-order chi connectivity index (χ1) is 11.2. The third-order valence-electron chi connectivity index (χ3n) is 5.71. The summed E-state index contributed by atoms with van der Waals surface area (Å²) in [4.78, 5) is 11.0. The van der Waals surface area contributed by atoms with Crippen molar-refractivity contribution in [2.24, 2.45) is 23.7 Å². The van der Waals surface area contributed by atoms with Crippen LogP contribution in [0.4, 0.5) is 0 Å². The lowest BCUT2D eigenvalue weighted by atomic mass is 9.54. The highest BCUT2D eigenvalue weighted by molar-refractivity contribution is 5.69. The van der Waals surface area contributed by atoms with Gasteiger partial charge in [0.25, 0.3) is 0 Å². The standard InChI is InChI=1S/C20H24O3/c1-13(21)23-19-4-2-3-14(10-19)11-22-12-20-17-6-15-5-16(8-17)9-18(20)7-15/h2-4,10,12,15-18H,5-9,11H2,1H3. The van der Waals surface area contributed by atoms with E-state index in [0.717, 1.165) is 29.2 Å². The van der Waals surface area contributed by atoms with Crippen LogP contribution in [0, 0.1) is 23.7 Å². The Hall–Kier alpha value is -1.77. The van der Waals surface area contributed by atoms with E-state index in [1.54, 1.807) is 11.6 Å². The molecule has 4 aliphatic rings. The van der Waals surface area contributed by atoms with E-state index in [4.69, 9.17) is 9.47 Å². The Balaban J connectivity index is 1.39. The smallest absolute Gasteiger partial charge is 0.308 e. The van der Waals surface area contributed by atoms with Gasteiger partial charge >= 0.3 is 5.97 Å². The van der Waals surface area contributed by atoms with E-state index in [1.807, 2.05) is 24.5 Å². The van der Waals surface area contributed by atoms with Gasteiger partial charge in [0.15, 0.2) is 0 Å². The third kappa shape index (κ3) is 3.15. The van der Waals surface area contributed by atoms with Gasteiger partial charge in [-0.3, -0.25) is 4.79 Å². The fourth-order valence-corrected chi connectivity index (χ4v) is 5.02. The minimum atomic E-state index is -0.293. The molecule has 4 bridgehead atoms. The van der Waals surface area contributed by atoms with Gasteiger partial charge in [0.1, 0.15) is 12.4 Å². The monoisotopic (exact) mass is 312 g/mol. The highest BCUT2D eigenvalue weighted by Crippen LogP contribution is 2.56. The Morgan fingerprint density at radius 1 is 1.13 bits per heavy atom. The molecule has 1 aromatic rings. The van der Waals surface area contributed by atoms with E-state index in [-0.39, 0.29) is 5.97 Å². The molecule has 4 fully saturated rings. The summed E-state index contributed by atoms with van der Waals surface area (Å²) in [6, 6.07) is 7.56. The molecule has 0 spiro atoms. The summed E-state index contributed by atoms with van der Waals surface area (Å²) in [5.41, 5.74) is 2.60. The number of carbonyl (C=O) groups is 1. The Morgan fingerprint density at radius 2 is 1.83 bits per heavy atom. The van der Waals surface area contributed by atoms with Gasteiger partial charge in [-0.15, -0.1) is 0 Å². The number of rotatable bonds is 4. The minimum Gasteiger partial charge on any atom is -0.497 e. The number of esters is 1. The summed E-state index contributed by atoms with van der Waals surface area (Å²) in [6.45, 7) is 1.95. The summed E-state index contributed by atoms with van der Waals surface area (Å²) in [5.74, 6) is 3.81. The zero-order valence-corrected chi connectivity index (χ0v) is 13.7. The van der Waals surface area contributed by atoms with Crippen LogP contribution >= 0.6 is 0 Å². The van der Waals surface area contributed by atoms with Crippen molar-refractivity contribution in [2.45, 2.75) is 45.6 Å². The van der Waals surface area contributed by atoms with Gasteiger partial charge in [-0.2, -0.15) is 0 Å². The summed E-state index contributed by atoms with van der Waals surface area (Å²) >= 11 is 0. The molecule has 0 atom stereocenters. The van der Waals surface area contributed by atoms with Crippen molar-refractivity contribution in [2.75, 3.05) is 0 Å². The molecule has 0 radical (unpaired) electrons. The average molecular weight is 312 g/mol. The SMILES string of the molecule is CC(=O)Oc1cccc(COC=C2C3CC4CC(C3)CC2C4)c1. The molecule has 5 rings (SSSR count). The van der Waals surface area contributed by atoms with Gasteiger partial charge in [-0.05, 0) is 79.0 Å². The molecule has 23 heavy (non-hydrogen) atoms. The lowest BCUT2D eigenvalue weighted by Crippen LogP contribution is -2.40. The lowest BCUT2D eigenvalue weighted by Gasteiger charge is -2.51. The van der Waals surface area contributed by atoms with Crippen LogP contribution in [0.1, 0.15) is 44.6 Å². The molecule has 4 aliphatic carbocycles. The maximum absolute atomic E-state index is 11.0. The normalized spacial score (nSPS) is 31.1. The van der Waals surface area contributed by atoms with E-state index in [1.165, 1.54) is 39.0 Å². The molecule has 122 valence electrons. The number of hydrogen-bond acceptors (Lipinski definition) is 3. The lowest BCUT2D eigenvalue weighted by molar-refractivity contribution is -0.131. The molecule has 1 aromatic carbocycles. The first-order valence-electron chi connectivity index (χ1n) is 8.76. The van der Waals surface area contributed by atoms with Crippen LogP contribution in [0.15, 0.2) is 36.1 Å². The van der Waals surface area contributed by atoms with Crippen LogP contribution in [0.25, 0.3) is 0 Å². The predicted molar refractivity (Wildman–Crippen MR) is 87.7 cm³/mol. The van der Waals surface area contributed by atoms with Crippen LogP contribution in [0.5, 0.6) is 5.75 Å². The van der Waals surface area contributed by atoms with Crippen molar-refractivity contribution in [1.29, 1.82) is 0 Å². The van der Waals surface area contributed by atoms with Crippen molar-refractivity contribution in [3.8, 4) is 5.75 Å². The second kappa shape index (κ2) is 6.03. The first kappa shape index (κ1) is 14.8. The van der Waals surface area contributed by atoms with Gasteiger partial charge in [-0.25, -0.2) is 0 Å². The quantitative estimate of drug-likeness (QED) is 0.467. The topological polar surface area (TPSA) is 35.5 Å². The van der Waals surface area contributed by atoms with Crippen LogP contribution in [-0.4, -0.2) is 5.97 Å². The van der Waals surface area contributed by atoms with E-state index in [2.05, 4.69) is 0 Å². The van der Waals surface area contributed by atoms with Crippen molar-refractivity contribution < 1.29 is 14.3 Å². The summed E-state index contributed by atoms with van der Waals surface area (Å²) in [7, 11) is 0. The molecule has 3 nitrogen and oxygen atoms in total. The number of benzene rings is 1. The Labute approximate surface area is 137 Å². The van der Waals surface area contributed by atoms with E-state index >= 15 is 0 Å². The molecule has 0 unspecified atom stereocenters. The highest BCUT2D eigenvalue weighted by atomic mass is 16.5. The summed E-state index contributed by atoms with van der Waals surface area (Å²) in [6.07, 6.45) is 9.04. The second-order valence-electron chi connectivity index (χ2n) is 7.47. The largest absolute Gasteiger partial charge is 0.497 e. The second-order valence-corrected chi connectivity index (χ2v) is 7.47. The molecular formula is C20H24O3. The fraction of sp³-hybridized carbons (Fsp3) is 0.550. The molecule has 0 saturated heterocycles. The number of allylic oxidation sites excluding steroid dienone is 1. The Morgan fingerprint density at radius 3 is 2.48 bits per heavy atom. The maximum Gasteiger partial charge on any atom is 0.308 e. The van der Waals surface area contributed by atoms with Gasteiger partial charge in [-0.1, -0.05) is 12.1 Å². The van der Waals surface area contributed by atoms with Crippen LogP contribution in [-0.2, 0) is 16.1 Å². The van der Waals surface area contributed by atoms with Crippen LogP contribution in [0.2, 0.25) is 0 Å². The zero-order valence-electron chi connectivity index (χ0n) is 13.7. The van der Waals surface area contributed by atoms with Crippen LogP contribution in [0.3, 0.4) is 0 Å². The van der Waals surface area contributed by atoms with Gasteiger partial charge in [0, 0.05) is 6.92 Å². The van der Waals surface area contributed by atoms with E-state index < -0.39 is 0 Å². The molecule has 0 aromatic heterocycles.